The molecule has 0 saturated heterocycles. The van der Waals surface area contributed by atoms with Crippen LogP contribution in [0.4, 0.5) is 10.5 Å². The number of urea groups is 1. The molecular formula is C27H27N5O2. The maximum Gasteiger partial charge on any atom is 0.322 e. The molecule has 2 amide bonds. The van der Waals surface area contributed by atoms with E-state index in [-0.39, 0.29) is 11.4 Å². The monoisotopic (exact) mass is 453 g/mol. The molecule has 1 aliphatic carbocycles. The highest BCUT2D eigenvalue weighted by Gasteiger charge is 2.47. The third kappa shape index (κ3) is 3.86. The van der Waals surface area contributed by atoms with Crippen molar-refractivity contribution in [1.29, 1.82) is 5.26 Å². The number of nitrogens with one attached hydrogen (secondary N) is 1. The van der Waals surface area contributed by atoms with E-state index in [1.807, 2.05) is 42.2 Å². The Bertz CT molecular complexity index is 1270. The molecular weight excluding hydrogens is 426 g/mol. The zero-order chi connectivity index (χ0) is 23.7. The zero-order valence-electron chi connectivity index (χ0n) is 19.5. The van der Waals surface area contributed by atoms with Crippen molar-refractivity contribution < 1.29 is 9.53 Å². The Balaban J connectivity index is 1.42. The number of carbonyl (C=O) groups is 1. The van der Waals surface area contributed by atoms with Gasteiger partial charge in [-0.3, -0.25) is 4.90 Å². The second-order valence-corrected chi connectivity index (χ2v) is 9.15. The molecule has 3 aromatic rings. The number of amides is 2. The molecule has 1 fully saturated rings. The molecule has 172 valence electrons. The van der Waals surface area contributed by atoms with E-state index < -0.39 is 0 Å². The van der Waals surface area contributed by atoms with Gasteiger partial charge < -0.3 is 10.1 Å². The Morgan fingerprint density at radius 1 is 1.21 bits per heavy atom. The molecule has 0 bridgehead atoms. The van der Waals surface area contributed by atoms with Crippen molar-refractivity contribution in [2.75, 3.05) is 18.6 Å². The van der Waals surface area contributed by atoms with E-state index in [9.17, 15) is 4.79 Å². The van der Waals surface area contributed by atoms with E-state index in [0.29, 0.717) is 24.5 Å². The molecule has 2 aliphatic rings. The van der Waals surface area contributed by atoms with Crippen LogP contribution in [0.3, 0.4) is 0 Å². The molecule has 5 rings (SSSR count). The molecule has 3 heterocycles. The number of rotatable bonds is 4. The van der Waals surface area contributed by atoms with Crippen molar-refractivity contribution >= 4 is 11.7 Å². The Kier molecular flexibility index (Phi) is 5.66. The maximum atomic E-state index is 13.2. The number of carbonyl (C=O) groups excluding carboxylic acids is 1. The van der Waals surface area contributed by atoms with Gasteiger partial charge in [0, 0.05) is 36.3 Å². The number of hydrogen-bond donors (Lipinski definition) is 1. The average Bonchev–Trinajstić information content (AvgIpc) is 3.48. The summed E-state index contributed by atoms with van der Waals surface area (Å²) < 4.78 is 5.25. The van der Waals surface area contributed by atoms with E-state index >= 15 is 0 Å². The predicted molar refractivity (Wildman–Crippen MR) is 130 cm³/mol. The van der Waals surface area contributed by atoms with Gasteiger partial charge in [0.2, 0.25) is 5.88 Å². The van der Waals surface area contributed by atoms with E-state index in [4.69, 9.17) is 15.0 Å². The van der Waals surface area contributed by atoms with Gasteiger partial charge in [-0.25, -0.2) is 14.8 Å². The number of hydrogen-bond acceptors (Lipinski definition) is 5. The molecule has 1 N–H and O–H groups in total. The Morgan fingerprint density at radius 2 is 1.97 bits per heavy atom. The van der Waals surface area contributed by atoms with Crippen molar-refractivity contribution in [3.05, 3.63) is 71.0 Å². The molecule has 1 aliphatic heterocycles. The molecule has 0 radical (unpaired) electrons. The van der Waals surface area contributed by atoms with Gasteiger partial charge in [0.15, 0.2) is 0 Å². The van der Waals surface area contributed by atoms with Crippen molar-refractivity contribution in [1.82, 2.24) is 15.3 Å². The molecule has 0 atom stereocenters. The standard InChI is InChI=1S/C27H27N5O2/c1-18-13-24(34-2)29-16-21(18)22-9-10-23-25(31-22)27(11-3-4-12-27)17-32(23)26(33)30-15-20-7-5-19(14-28)6-8-20/h5-10,13,16H,3-4,11-12,15,17H2,1-2H3,(H,30,33). The lowest BCUT2D eigenvalue weighted by atomic mass is 9.84. The highest BCUT2D eigenvalue weighted by Crippen LogP contribution is 2.50. The second-order valence-electron chi connectivity index (χ2n) is 9.15. The third-order valence-electron chi connectivity index (χ3n) is 7.03. The van der Waals surface area contributed by atoms with E-state index in [0.717, 1.165) is 59.4 Å². The largest absolute Gasteiger partial charge is 0.481 e. The molecule has 34 heavy (non-hydrogen) atoms. The molecule has 0 unspecified atom stereocenters. The molecule has 7 nitrogen and oxygen atoms in total. The number of pyridine rings is 2. The molecule has 1 spiro atoms. The van der Waals surface area contributed by atoms with Crippen LogP contribution >= 0.6 is 0 Å². The van der Waals surface area contributed by atoms with Gasteiger partial charge in [-0.15, -0.1) is 0 Å². The highest BCUT2D eigenvalue weighted by molar-refractivity contribution is 5.95. The second kappa shape index (κ2) is 8.79. The smallest absolute Gasteiger partial charge is 0.322 e. The number of benzene rings is 1. The Hall–Kier alpha value is -3.92. The third-order valence-corrected chi connectivity index (χ3v) is 7.03. The number of anilines is 1. The first-order valence-electron chi connectivity index (χ1n) is 11.6. The van der Waals surface area contributed by atoms with E-state index in [2.05, 4.69) is 16.4 Å². The first kappa shape index (κ1) is 21.9. The normalized spacial score (nSPS) is 15.7. The first-order valence-corrected chi connectivity index (χ1v) is 11.6. The lowest BCUT2D eigenvalue weighted by Gasteiger charge is -2.24. The minimum Gasteiger partial charge on any atom is -0.481 e. The summed E-state index contributed by atoms with van der Waals surface area (Å²) in [7, 11) is 1.61. The summed E-state index contributed by atoms with van der Waals surface area (Å²) >= 11 is 0. The lowest BCUT2D eigenvalue weighted by Crippen LogP contribution is -2.41. The van der Waals surface area contributed by atoms with Crippen LogP contribution in [0.25, 0.3) is 11.3 Å². The number of methoxy groups -OCH3 is 1. The number of ether oxygens (including phenoxy) is 1. The number of aromatic nitrogens is 2. The van der Waals surface area contributed by atoms with Gasteiger partial charge in [0.25, 0.3) is 0 Å². The Morgan fingerprint density at radius 3 is 2.65 bits per heavy atom. The average molecular weight is 454 g/mol. The first-order chi connectivity index (χ1) is 16.5. The van der Waals surface area contributed by atoms with Crippen LogP contribution in [0.5, 0.6) is 5.88 Å². The van der Waals surface area contributed by atoms with Crippen LogP contribution in [0.1, 0.15) is 48.1 Å². The van der Waals surface area contributed by atoms with Crippen molar-refractivity contribution in [2.24, 2.45) is 0 Å². The summed E-state index contributed by atoms with van der Waals surface area (Å²) in [6.07, 6.45) is 6.18. The van der Waals surface area contributed by atoms with Crippen LogP contribution in [0.15, 0.2) is 48.7 Å². The van der Waals surface area contributed by atoms with Gasteiger partial charge in [-0.2, -0.15) is 5.26 Å². The summed E-state index contributed by atoms with van der Waals surface area (Å²) in [6.45, 7) is 3.09. The fourth-order valence-electron chi connectivity index (χ4n) is 5.18. The van der Waals surface area contributed by atoms with Gasteiger partial charge in [0.05, 0.1) is 35.8 Å². The van der Waals surface area contributed by atoms with Gasteiger partial charge in [0.1, 0.15) is 0 Å². The fraction of sp³-hybridized carbons (Fsp3) is 0.333. The maximum absolute atomic E-state index is 13.2. The van der Waals surface area contributed by atoms with E-state index in [1.165, 1.54) is 0 Å². The quantitative estimate of drug-likeness (QED) is 0.608. The number of nitrogens with zero attached hydrogens (tertiary/aromatic N) is 4. The van der Waals surface area contributed by atoms with E-state index in [1.54, 1.807) is 25.4 Å². The minimum atomic E-state index is -0.119. The van der Waals surface area contributed by atoms with Crippen molar-refractivity contribution in [2.45, 2.75) is 44.6 Å². The lowest BCUT2D eigenvalue weighted by molar-refractivity contribution is 0.245. The highest BCUT2D eigenvalue weighted by atomic mass is 16.5. The van der Waals surface area contributed by atoms with Crippen LogP contribution in [-0.2, 0) is 12.0 Å². The van der Waals surface area contributed by atoms with Gasteiger partial charge in [-0.1, -0.05) is 25.0 Å². The molecule has 1 saturated carbocycles. The van der Waals surface area contributed by atoms with Crippen LogP contribution in [-0.4, -0.2) is 29.7 Å². The minimum absolute atomic E-state index is 0.0923. The molecule has 1 aromatic carbocycles. The van der Waals surface area contributed by atoms with Crippen molar-refractivity contribution in [3.8, 4) is 23.2 Å². The van der Waals surface area contributed by atoms with Crippen LogP contribution in [0.2, 0.25) is 0 Å². The summed E-state index contributed by atoms with van der Waals surface area (Å²) in [5, 5.41) is 12.0. The number of nitriles is 1. The summed E-state index contributed by atoms with van der Waals surface area (Å²) in [4.78, 5) is 24.6. The van der Waals surface area contributed by atoms with Gasteiger partial charge >= 0.3 is 6.03 Å². The summed E-state index contributed by atoms with van der Waals surface area (Å²) in [5.41, 5.74) is 6.28. The molecule has 7 heteroatoms. The predicted octanol–water partition coefficient (Wildman–Crippen LogP) is 4.87. The number of fused-ring (bicyclic) bond motifs is 2. The van der Waals surface area contributed by atoms with Gasteiger partial charge in [-0.05, 0) is 55.2 Å². The van der Waals surface area contributed by atoms with Crippen LogP contribution < -0.4 is 15.0 Å². The SMILES string of the molecule is COc1cc(C)c(-c2ccc3c(n2)C2(CCCC2)CN3C(=O)NCc2ccc(C#N)cc2)cn1. The topological polar surface area (TPSA) is 91.1 Å². The summed E-state index contributed by atoms with van der Waals surface area (Å²) in [5.74, 6) is 0.583. The van der Waals surface area contributed by atoms with Crippen LogP contribution in [0, 0.1) is 18.3 Å². The number of aryl methyl sites for hydroxylation is 1. The fourth-order valence-corrected chi connectivity index (χ4v) is 5.18. The molecule has 2 aromatic heterocycles. The zero-order valence-corrected chi connectivity index (χ0v) is 19.5. The summed E-state index contributed by atoms with van der Waals surface area (Å²) in [6, 6.07) is 15.2. The van der Waals surface area contributed by atoms with Crippen molar-refractivity contribution in [3.63, 3.8) is 0 Å². The Labute approximate surface area is 199 Å².